The van der Waals surface area contributed by atoms with Crippen LogP contribution < -0.4 is 5.43 Å². The van der Waals surface area contributed by atoms with Crippen LogP contribution in [-0.2, 0) is 43.2 Å². The maximum absolute atomic E-state index is 14.9. The number of thiazole rings is 1. The number of rotatable bonds is 9. The van der Waals surface area contributed by atoms with Gasteiger partial charge in [-0.15, -0.1) is 11.3 Å². The maximum atomic E-state index is 14.9. The molecule has 4 aliphatic heterocycles. The van der Waals surface area contributed by atoms with Crippen LogP contribution in [0.25, 0.3) is 33.4 Å². The van der Waals surface area contributed by atoms with Crippen LogP contribution in [0.1, 0.15) is 76.3 Å². The lowest BCUT2D eigenvalue weighted by Gasteiger charge is -2.37. The number of carbonyl (C=O) groups is 4. The summed E-state index contributed by atoms with van der Waals surface area (Å²) < 4.78 is 14.2. The number of β-amino-alcohol motifs (C(OH)–C–C–N with tert-alkyl or cyclic N) is 1. The standard InChI is InChI=1S/C46H57N7O7S2Si/c1-8-52-34-14-13-27-19-30(34)31(39(52)29-11-9-16-47-37(29)35(23-61)59-7)20-45(4,5)25-60-42(56)32-12-10-17-53(49-32)43(57)46(21-36-48-33(27)24-62-36)41(63-46)40(55)38(26(2)3)50(6)44(58)51-18-15-28(54)22-51/h9,11,13-14,16,19,23-24,26,28,32,35,38,41,49,54H,8,10,12,15,17-18,20-22,25H2,1-7H3/t28-,32+,35+,38+,41?,46+/m1/s1. The number of hydrazine groups is 1. The largest absolute Gasteiger partial charge is 0.464 e. The summed E-state index contributed by atoms with van der Waals surface area (Å²) in [5.41, 5.74) is 8.48. The number of fused-ring (bicyclic) bond motifs is 6. The highest BCUT2D eigenvalue weighted by molar-refractivity contribution is 7.79. The number of nitrogens with one attached hydrogen (secondary N) is 1. The zero-order valence-corrected chi connectivity index (χ0v) is 39.7. The number of cyclic esters (lactones) is 1. The van der Waals surface area contributed by atoms with Crippen molar-refractivity contribution < 1.29 is 33.8 Å². The Kier molecular flexibility index (Phi) is 12.8. The molecule has 1 aromatic carbocycles. The van der Waals surface area contributed by atoms with Crippen molar-refractivity contribution in [3.63, 3.8) is 0 Å². The average Bonchev–Trinajstić information content (AvgIpc) is 3.50. The first-order valence-corrected chi connectivity index (χ1v) is 24.3. The fourth-order valence-corrected chi connectivity index (χ4v) is 12.7. The van der Waals surface area contributed by atoms with Gasteiger partial charge in [0.25, 0.3) is 0 Å². The Labute approximate surface area is 380 Å². The van der Waals surface area contributed by atoms with Gasteiger partial charge in [-0.25, -0.2) is 15.2 Å². The summed E-state index contributed by atoms with van der Waals surface area (Å²) in [4.78, 5) is 70.4. The lowest BCUT2D eigenvalue weighted by Crippen LogP contribution is -2.57. The summed E-state index contributed by atoms with van der Waals surface area (Å²) in [5.74, 6) is -1.06. The van der Waals surface area contributed by atoms with E-state index in [2.05, 4.69) is 55.0 Å². The number of methoxy groups -OCH3 is 1. The molecule has 1 spiro atoms. The topological polar surface area (TPSA) is 159 Å². The van der Waals surface area contributed by atoms with Crippen molar-refractivity contribution in [2.24, 2.45) is 11.3 Å². The minimum absolute atomic E-state index is 0.0425. The van der Waals surface area contributed by atoms with Gasteiger partial charge in [0, 0.05) is 96.7 Å². The van der Waals surface area contributed by atoms with E-state index in [-0.39, 0.29) is 52.7 Å². The van der Waals surface area contributed by atoms with Gasteiger partial charge in [0.1, 0.15) is 12.1 Å². The number of urea groups is 1. The van der Waals surface area contributed by atoms with Gasteiger partial charge >= 0.3 is 12.0 Å². The average molecular weight is 912 g/mol. The highest BCUT2D eigenvalue weighted by atomic mass is 32.1. The Balaban J connectivity index is 1.22. The van der Waals surface area contributed by atoms with Gasteiger partial charge in [-0.05, 0) is 68.4 Å². The van der Waals surface area contributed by atoms with Gasteiger partial charge in [0.05, 0.1) is 55.4 Å². The number of pyridine rings is 1. The number of thiocarbonyl (C=S) groups is 1. The van der Waals surface area contributed by atoms with Crippen molar-refractivity contribution in [3.8, 4) is 22.5 Å². The van der Waals surface area contributed by atoms with Crippen molar-refractivity contribution in [1.29, 1.82) is 0 Å². The molecule has 3 aromatic heterocycles. The number of carbonyl (C=O) groups excluding carboxylic acids is 4. The molecule has 6 atom stereocenters. The number of likely N-dealkylation sites (tertiary alicyclic amines) is 1. The van der Waals surface area contributed by atoms with E-state index in [1.165, 1.54) is 21.2 Å². The van der Waals surface area contributed by atoms with E-state index in [1.807, 2.05) is 25.3 Å². The number of esters is 1. The highest BCUT2D eigenvalue weighted by Gasteiger charge is 2.67. The molecule has 3 amide bonds. The molecule has 6 bridgehead atoms. The van der Waals surface area contributed by atoms with Crippen LogP contribution >= 0.6 is 23.6 Å². The first kappa shape index (κ1) is 45.2. The van der Waals surface area contributed by atoms with E-state index in [0.29, 0.717) is 45.3 Å². The number of aliphatic hydroxyl groups is 1. The molecule has 4 aliphatic rings. The summed E-state index contributed by atoms with van der Waals surface area (Å²) in [6.45, 7) is 12.0. The molecular formula is C46H57N7O7S2Si. The Bertz CT molecular complexity index is 2440. The van der Waals surface area contributed by atoms with Crippen molar-refractivity contribution in [1.82, 2.24) is 34.8 Å². The van der Waals surface area contributed by atoms with E-state index >= 15 is 0 Å². The molecule has 1 unspecified atom stereocenters. The number of ketones is 1. The number of nitrogens with zero attached hydrogens (tertiary/aromatic N) is 6. The van der Waals surface area contributed by atoms with E-state index in [4.69, 9.17) is 31.7 Å². The summed E-state index contributed by atoms with van der Waals surface area (Å²) in [7, 11) is 3.22. The zero-order valence-electron chi connectivity index (χ0n) is 37.1. The van der Waals surface area contributed by atoms with Crippen LogP contribution in [0, 0.1) is 11.3 Å². The quantitative estimate of drug-likeness (QED) is 0.114. The number of aliphatic hydroxyl groups excluding tert-OH is 1. The number of aryl methyl sites for hydroxylation is 1. The summed E-state index contributed by atoms with van der Waals surface area (Å²) in [5, 5.41) is 16.0. The molecule has 8 rings (SSSR count). The summed E-state index contributed by atoms with van der Waals surface area (Å²) >= 11 is 6.88. The Morgan fingerprint density at radius 3 is 2.68 bits per heavy atom. The fourth-order valence-electron chi connectivity index (χ4n) is 9.82. The molecule has 7 heterocycles. The normalized spacial score (nSPS) is 24.6. The first-order valence-electron chi connectivity index (χ1n) is 21.9. The summed E-state index contributed by atoms with van der Waals surface area (Å²) in [6, 6.07) is 8.53. The van der Waals surface area contributed by atoms with Gasteiger partial charge < -0.3 is 28.9 Å². The predicted molar refractivity (Wildman–Crippen MR) is 247 cm³/mol. The Hall–Kier alpha value is -4.39. The minimum Gasteiger partial charge on any atom is -0.464 e. The number of hydrogen-bond acceptors (Lipinski definition) is 12. The zero-order chi connectivity index (χ0) is 45.0. The van der Waals surface area contributed by atoms with Crippen LogP contribution in [0.4, 0.5) is 4.79 Å². The van der Waals surface area contributed by atoms with Gasteiger partial charge in [-0.2, -0.15) is 0 Å². The van der Waals surface area contributed by atoms with Gasteiger partial charge in [0.2, 0.25) is 5.91 Å². The second-order valence-corrected chi connectivity index (χ2v) is 21.5. The van der Waals surface area contributed by atoms with Crippen LogP contribution in [0.15, 0.2) is 41.9 Å². The lowest BCUT2D eigenvalue weighted by molar-refractivity contribution is -0.155. The third-order valence-electron chi connectivity index (χ3n) is 13.0. The van der Waals surface area contributed by atoms with Crippen molar-refractivity contribution in [3.05, 3.63) is 58.2 Å². The summed E-state index contributed by atoms with van der Waals surface area (Å²) in [6.07, 6.45) is 3.01. The number of aromatic nitrogens is 3. The number of Topliss-reactive ketones (excluding diaryl/α,β-unsaturated/α-hetero) is 1. The third-order valence-corrected chi connectivity index (χ3v) is 16.1. The predicted octanol–water partition coefficient (Wildman–Crippen LogP) is 6.07. The van der Waals surface area contributed by atoms with E-state index in [9.17, 15) is 24.3 Å². The van der Waals surface area contributed by atoms with Gasteiger partial charge in [-0.3, -0.25) is 24.4 Å². The van der Waals surface area contributed by atoms with Crippen LogP contribution in [0.2, 0.25) is 10.6 Å². The Morgan fingerprint density at radius 1 is 1.19 bits per heavy atom. The molecular weight excluding hydrogens is 855 g/mol. The molecule has 2 N–H and O–H groups in total. The number of likely N-dealkylation sites (N-methyl/N-ethyl adjacent to an activating group) is 1. The molecule has 14 nitrogen and oxygen atoms in total. The molecule has 3 saturated heterocycles. The lowest BCUT2D eigenvalue weighted by atomic mass is 9.84. The number of amides is 3. The second-order valence-electron chi connectivity index (χ2n) is 18.5. The molecule has 17 heteroatoms. The van der Waals surface area contributed by atoms with E-state index < -0.39 is 46.3 Å². The van der Waals surface area contributed by atoms with Crippen LogP contribution in [-0.4, -0.2) is 132 Å². The molecule has 63 heavy (non-hydrogen) atoms. The maximum Gasteiger partial charge on any atom is 0.324 e. The third kappa shape index (κ3) is 8.52. The van der Waals surface area contributed by atoms with Crippen molar-refractivity contribution in [2.45, 2.75) is 108 Å². The molecule has 2 radical (unpaired) electrons. The number of ether oxygens (including phenoxy) is 2. The fraction of sp³-hybridized carbons (Fsp3) is 0.543. The number of benzene rings is 1. The molecule has 334 valence electrons. The highest BCUT2D eigenvalue weighted by Crippen LogP contribution is 2.62. The number of hydrogen-bond donors (Lipinski definition) is 2. The van der Waals surface area contributed by atoms with Crippen LogP contribution in [0.5, 0.6) is 0 Å². The smallest absolute Gasteiger partial charge is 0.324 e. The van der Waals surface area contributed by atoms with Gasteiger partial charge in [0.15, 0.2) is 5.78 Å². The minimum atomic E-state index is -1.10. The van der Waals surface area contributed by atoms with E-state index in [0.717, 1.165) is 49.7 Å². The van der Waals surface area contributed by atoms with E-state index in [1.54, 1.807) is 30.6 Å². The monoisotopic (exact) mass is 911 g/mol. The van der Waals surface area contributed by atoms with Gasteiger partial charge in [-0.1, -0.05) is 46.0 Å². The molecule has 0 saturated carbocycles. The molecule has 0 aliphatic carbocycles. The molecule has 4 aromatic rings. The second kappa shape index (κ2) is 17.9. The van der Waals surface area contributed by atoms with Crippen LogP contribution in [0.3, 0.4) is 0 Å². The SMILES string of the molecule is CCn1c(-c2cccnc2[C@H](C=S)OC)c2c3cc(ccc31)-c1csc(n1)C[C@@]1([Si]C1C(=O)[C@H](C(C)C)N(C)C(=O)N1CC[C@@H](O)C1)C(=O)N1CCC[C@H](N1)C(=O)OCC(C)(C)C2. The molecule has 3 fully saturated rings. The first-order chi connectivity index (χ1) is 30.1. The van der Waals surface area contributed by atoms with Crippen molar-refractivity contribution in [2.75, 3.05) is 40.4 Å². The van der Waals surface area contributed by atoms with Crippen molar-refractivity contribution >= 4 is 73.0 Å². The Morgan fingerprint density at radius 2 is 1.98 bits per heavy atom.